The molecule has 1 N–H and O–H groups in total. The molecule has 1 aromatic carbocycles. The zero-order valence-electron chi connectivity index (χ0n) is 9.47. The lowest BCUT2D eigenvalue weighted by atomic mass is 9.93. The van der Waals surface area contributed by atoms with Gasteiger partial charge < -0.3 is 5.11 Å². The summed E-state index contributed by atoms with van der Waals surface area (Å²) in [5.41, 5.74) is 1.32. The van der Waals surface area contributed by atoms with Crippen LogP contribution in [-0.2, 0) is 4.79 Å². The van der Waals surface area contributed by atoms with Crippen LogP contribution in [-0.4, -0.2) is 35.1 Å². The van der Waals surface area contributed by atoms with Gasteiger partial charge in [0.15, 0.2) is 0 Å². The highest BCUT2D eigenvalue weighted by Gasteiger charge is 2.32. The van der Waals surface area contributed by atoms with Gasteiger partial charge in [0.05, 0.1) is 6.54 Å². The summed E-state index contributed by atoms with van der Waals surface area (Å²) in [5, 5.41) is 8.81. The fraction of sp³-hybridized carbons (Fsp3) is 0.462. The third-order valence-electron chi connectivity index (χ3n) is 3.45. The number of hydrogen-bond donors (Lipinski definition) is 1. The monoisotopic (exact) mass is 219 g/mol. The van der Waals surface area contributed by atoms with E-state index in [-0.39, 0.29) is 6.54 Å². The van der Waals surface area contributed by atoms with Crippen molar-refractivity contribution in [3.63, 3.8) is 0 Å². The van der Waals surface area contributed by atoms with Gasteiger partial charge in [-0.05, 0) is 25.5 Å². The van der Waals surface area contributed by atoms with Crippen molar-refractivity contribution < 1.29 is 9.90 Å². The summed E-state index contributed by atoms with van der Waals surface area (Å²) in [6.07, 6.45) is 1.05. The minimum atomic E-state index is -0.736. The smallest absolute Gasteiger partial charge is 0.317 e. The van der Waals surface area contributed by atoms with Crippen LogP contribution < -0.4 is 0 Å². The van der Waals surface area contributed by atoms with Crippen LogP contribution in [0, 0.1) is 0 Å². The predicted octanol–water partition coefficient (Wildman–Crippen LogP) is 1.95. The zero-order chi connectivity index (χ0) is 11.5. The number of hydrogen-bond acceptors (Lipinski definition) is 2. The zero-order valence-corrected chi connectivity index (χ0v) is 9.47. The Bertz CT molecular complexity index is 363. The van der Waals surface area contributed by atoms with E-state index in [9.17, 15) is 4.79 Å². The molecular formula is C13H17NO2. The summed E-state index contributed by atoms with van der Waals surface area (Å²) in [7, 11) is 0. The second kappa shape index (κ2) is 4.66. The normalized spacial score (nSPS) is 25.8. The highest BCUT2D eigenvalue weighted by molar-refractivity contribution is 5.69. The molecule has 1 aromatic rings. The first kappa shape index (κ1) is 11.1. The van der Waals surface area contributed by atoms with Crippen LogP contribution in [0.5, 0.6) is 0 Å². The van der Waals surface area contributed by atoms with Crippen molar-refractivity contribution >= 4 is 5.97 Å². The van der Waals surface area contributed by atoms with Crippen LogP contribution >= 0.6 is 0 Å². The van der Waals surface area contributed by atoms with E-state index < -0.39 is 5.97 Å². The number of carboxylic acids is 1. The summed E-state index contributed by atoms with van der Waals surface area (Å²) in [6.45, 7) is 3.16. The lowest BCUT2D eigenvalue weighted by molar-refractivity contribution is -0.138. The van der Waals surface area contributed by atoms with Gasteiger partial charge in [-0.2, -0.15) is 0 Å². The maximum Gasteiger partial charge on any atom is 0.317 e. The first-order valence-electron chi connectivity index (χ1n) is 5.69. The molecular weight excluding hydrogens is 202 g/mol. The third-order valence-corrected chi connectivity index (χ3v) is 3.45. The van der Waals surface area contributed by atoms with Gasteiger partial charge in [-0.25, -0.2) is 0 Å². The van der Waals surface area contributed by atoms with E-state index in [1.165, 1.54) is 5.56 Å². The Morgan fingerprint density at radius 2 is 2.12 bits per heavy atom. The quantitative estimate of drug-likeness (QED) is 0.844. The summed E-state index contributed by atoms with van der Waals surface area (Å²) >= 11 is 0. The molecule has 0 amide bonds. The summed E-state index contributed by atoms with van der Waals surface area (Å²) < 4.78 is 0. The number of nitrogens with zero attached hydrogens (tertiary/aromatic N) is 1. The standard InChI is InChI=1S/C13H17NO2/c1-10-12(11-5-3-2-4-6-11)7-8-14(10)9-13(15)16/h2-6,10,12H,7-9H2,1H3,(H,15,16). The number of carbonyl (C=O) groups is 1. The Balaban J connectivity index is 2.07. The van der Waals surface area contributed by atoms with Gasteiger partial charge in [-0.3, -0.25) is 9.69 Å². The SMILES string of the molecule is CC1C(c2ccccc2)CCN1CC(=O)O. The molecule has 2 unspecified atom stereocenters. The summed E-state index contributed by atoms with van der Waals surface area (Å²) in [5.74, 6) is -0.263. The third kappa shape index (κ3) is 2.25. The average molecular weight is 219 g/mol. The van der Waals surface area contributed by atoms with Gasteiger partial charge in [0, 0.05) is 12.0 Å². The fourth-order valence-corrected chi connectivity index (χ4v) is 2.55. The van der Waals surface area contributed by atoms with Crippen LogP contribution in [0.2, 0.25) is 0 Å². The van der Waals surface area contributed by atoms with Crippen molar-refractivity contribution in [2.24, 2.45) is 0 Å². The van der Waals surface area contributed by atoms with Crippen LogP contribution in [0.4, 0.5) is 0 Å². The lowest BCUT2D eigenvalue weighted by Crippen LogP contribution is -2.34. The Morgan fingerprint density at radius 3 is 2.75 bits per heavy atom. The molecule has 16 heavy (non-hydrogen) atoms. The molecule has 0 spiro atoms. The first-order valence-corrected chi connectivity index (χ1v) is 5.69. The van der Waals surface area contributed by atoms with E-state index >= 15 is 0 Å². The molecule has 0 radical (unpaired) electrons. The largest absolute Gasteiger partial charge is 0.480 e. The number of carboxylic acid groups (broad SMARTS) is 1. The number of likely N-dealkylation sites (tertiary alicyclic amines) is 1. The number of benzene rings is 1. The average Bonchev–Trinajstić information content (AvgIpc) is 2.61. The van der Waals surface area contributed by atoms with E-state index in [2.05, 4.69) is 19.1 Å². The van der Waals surface area contributed by atoms with Crippen molar-refractivity contribution in [3.05, 3.63) is 35.9 Å². The molecule has 2 rings (SSSR count). The molecule has 1 heterocycles. The van der Waals surface area contributed by atoms with Gasteiger partial charge in [-0.15, -0.1) is 0 Å². The molecule has 3 nitrogen and oxygen atoms in total. The van der Waals surface area contributed by atoms with Crippen molar-refractivity contribution in [2.75, 3.05) is 13.1 Å². The molecule has 1 aliphatic rings. The summed E-state index contributed by atoms with van der Waals surface area (Å²) in [6, 6.07) is 10.7. The summed E-state index contributed by atoms with van der Waals surface area (Å²) in [4.78, 5) is 12.7. The van der Waals surface area contributed by atoms with Crippen LogP contribution in [0.3, 0.4) is 0 Å². The van der Waals surface area contributed by atoms with Gasteiger partial charge in [-0.1, -0.05) is 30.3 Å². The van der Waals surface area contributed by atoms with Crippen LogP contribution in [0.1, 0.15) is 24.8 Å². The van der Waals surface area contributed by atoms with E-state index in [4.69, 9.17) is 5.11 Å². The topological polar surface area (TPSA) is 40.5 Å². The Hall–Kier alpha value is -1.35. The van der Waals surface area contributed by atoms with Crippen LogP contribution in [0.25, 0.3) is 0 Å². The van der Waals surface area contributed by atoms with E-state index in [0.717, 1.165) is 13.0 Å². The van der Waals surface area contributed by atoms with Gasteiger partial charge in [0.1, 0.15) is 0 Å². The maximum absolute atomic E-state index is 10.7. The molecule has 1 saturated heterocycles. The van der Waals surface area contributed by atoms with Gasteiger partial charge >= 0.3 is 5.97 Å². The molecule has 3 heteroatoms. The van der Waals surface area contributed by atoms with E-state index in [0.29, 0.717) is 12.0 Å². The van der Waals surface area contributed by atoms with E-state index in [1.54, 1.807) is 0 Å². The molecule has 1 aliphatic heterocycles. The highest BCUT2D eigenvalue weighted by atomic mass is 16.4. The Kier molecular flexibility index (Phi) is 3.25. The Morgan fingerprint density at radius 1 is 1.44 bits per heavy atom. The van der Waals surface area contributed by atoms with E-state index in [1.807, 2.05) is 23.1 Å². The Labute approximate surface area is 95.7 Å². The van der Waals surface area contributed by atoms with Gasteiger partial charge in [0.2, 0.25) is 0 Å². The van der Waals surface area contributed by atoms with Crippen molar-refractivity contribution in [1.29, 1.82) is 0 Å². The molecule has 0 aromatic heterocycles. The van der Waals surface area contributed by atoms with Gasteiger partial charge in [0.25, 0.3) is 0 Å². The molecule has 0 aliphatic carbocycles. The second-order valence-corrected chi connectivity index (χ2v) is 4.41. The first-order chi connectivity index (χ1) is 7.68. The molecule has 0 saturated carbocycles. The molecule has 2 atom stereocenters. The molecule has 0 bridgehead atoms. The second-order valence-electron chi connectivity index (χ2n) is 4.41. The maximum atomic E-state index is 10.7. The fourth-order valence-electron chi connectivity index (χ4n) is 2.55. The lowest BCUT2D eigenvalue weighted by Gasteiger charge is -2.23. The predicted molar refractivity (Wildman–Crippen MR) is 62.5 cm³/mol. The molecule has 1 fully saturated rings. The highest BCUT2D eigenvalue weighted by Crippen LogP contribution is 2.32. The minimum absolute atomic E-state index is 0.157. The van der Waals surface area contributed by atoms with Crippen molar-refractivity contribution in [3.8, 4) is 0 Å². The van der Waals surface area contributed by atoms with Crippen molar-refractivity contribution in [2.45, 2.75) is 25.3 Å². The van der Waals surface area contributed by atoms with Crippen molar-refractivity contribution in [1.82, 2.24) is 4.90 Å². The number of aliphatic carboxylic acids is 1. The van der Waals surface area contributed by atoms with Crippen LogP contribution in [0.15, 0.2) is 30.3 Å². The minimum Gasteiger partial charge on any atom is -0.480 e. The number of rotatable bonds is 3. The molecule has 86 valence electrons.